The molecule has 0 bridgehead atoms. The van der Waals surface area contributed by atoms with Crippen LogP contribution in [0, 0.1) is 6.92 Å². The van der Waals surface area contributed by atoms with Gasteiger partial charge in [0.25, 0.3) is 5.91 Å². The molecule has 1 saturated heterocycles. The van der Waals surface area contributed by atoms with E-state index in [1.165, 1.54) is 0 Å². The largest absolute Gasteiger partial charge is 0.492 e. The van der Waals surface area contributed by atoms with Crippen LogP contribution in [-0.2, 0) is 0 Å². The number of aromatic nitrogens is 2. The first-order valence-electron chi connectivity index (χ1n) is 10.4. The molecular weight excluding hydrogens is 394 g/mol. The third kappa shape index (κ3) is 4.76. The monoisotopic (exact) mass is 421 g/mol. The molecule has 3 heterocycles. The summed E-state index contributed by atoms with van der Waals surface area (Å²) in [5.41, 5.74) is 7.71. The summed E-state index contributed by atoms with van der Waals surface area (Å²) in [6, 6.07) is 10.8. The van der Waals surface area contributed by atoms with E-state index in [0.29, 0.717) is 44.0 Å². The van der Waals surface area contributed by atoms with Gasteiger partial charge in [-0.25, -0.2) is 0 Å². The SMILES string of the molecule is Cc1cc(N2CC[C@](O)(CNC(=O)c3cccc(OCCN)c3)C2)c2cnccc2n1. The first-order valence-corrected chi connectivity index (χ1v) is 10.4. The van der Waals surface area contributed by atoms with E-state index < -0.39 is 5.60 Å². The number of hydrogen-bond donors (Lipinski definition) is 3. The lowest BCUT2D eigenvalue weighted by Gasteiger charge is -2.25. The minimum atomic E-state index is -1.02. The maximum Gasteiger partial charge on any atom is 0.251 e. The van der Waals surface area contributed by atoms with E-state index in [9.17, 15) is 9.90 Å². The van der Waals surface area contributed by atoms with E-state index in [0.717, 1.165) is 22.3 Å². The molecule has 1 aromatic carbocycles. The molecule has 31 heavy (non-hydrogen) atoms. The van der Waals surface area contributed by atoms with E-state index in [1.54, 1.807) is 36.7 Å². The van der Waals surface area contributed by atoms with Gasteiger partial charge >= 0.3 is 0 Å². The Balaban J connectivity index is 1.43. The number of nitrogens with two attached hydrogens (primary N) is 1. The molecule has 8 heteroatoms. The van der Waals surface area contributed by atoms with Gasteiger partial charge in [-0.1, -0.05) is 6.07 Å². The first kappa shape index (κ1) is 21.0. The van der Waals surface area contributed by atoms with Crippen LogP contribution in [0.4, 0.5) is 5.69 Å². The second-order valence-electron chi connectivity index (χ2n) is 7.92. The highest BCUT2D eigenvalue weighted by Gasteiger charge is 2.37. The van der Waals surface area contributed by atoms with Crippen LogP contribution in [0.5, 0.6) is 5.75 Å². The number of amides is 1. The molecular formula is C23H27N5O3. The van der Waals surface area contributed by atoms with Crippen molar-refractivity contribution in [1.82, 2.24) is 15.3 Å². The zero-order valence-corrected chi connectivity index (χ0v) is 17.5. The fraction of sp³-hybridized carbons (Fsp3) is 0.348. The summed E-state index contributed by atoms with van der Waals surface area (Å²) in [6.45, 7) is 4.01. The summed E-state index contributed by atoms with van der Waals surface area (Å²) < 4.78 is 5.48. The van der Waals surface area contributed by atoms with Gasteiger partial charge in [-0.2, -0.15) is 0 Å². The van der Waals surface area contributed by atoms with Gasteiger partial charge in [-0.15, -0.1) is 0 Å². The molecule has 0 saturated carbocycles. The normalized spacial score (nSPS) is 18.4. The van der Waals surface area contributed by atoms with Crippen LogP contribution in [0.25, 0.3) is 10.9 Å². The van der Waals surface area contributed by atoms with Gasteiger partial charge in [0.1, 0.15) is 18.0 Å². The molecule has 8 nitrogen and oxygen atoms in total. The van der Waals surface area contributed by atoms with Crippen molar-refractivity contribution in [3.05, 3.63) is 60.0 Å². The third-order valence-corrected chi connectivity index (χ3v) is 5.45. The summed E-state index contributed by atoms with van der Waals surface area (Å²) in [4.78, 5) is 23.5. The van der Waals surface area contributed by atoms with Crippen molar-refractivity contribution in [1.29, 1.82) is 0 Å². The van der Waals surface area contributed by atoms with Crippen LogP contribution in [0.1, 0.15) is 22.5 Å². The number of nitrogens with zero attached hydrogens (tertiary/aromatic N) is 3. The number of rotatable bonds is 7. The predicted molar refractivity (Wildman–Crippen MR) is 119 cm³/mol. The first-order chi connectivity index (χ1) is 15.0. The second kappa shape index (κ2) is 8.87. The topological polar surface area (TPSA) is 114 Å². The zero-order valence-electron chi connectivity index (χ0n) is 17.5. The Morgan fingerprint density at radius 1 is 1.35 bits per heavy atom. The molecule has 2 aromatic heterocycles. The molecule has 1 aliphatic rings. The fourth-order valence-corrected chi connectivity index (χ4v) is 3.90. The Labute approximate surface area is 181 Å². The van der Waals surface area contributed by atoms with Crippen molar-refractivity contribution in [3.8, 4) is 5.75 Å². The highest BCUT2D eigenvalue weighted by atomic mass is 16.5. The number of fused-ring (bicyclic) bond motifs is 1. The summed E-state index contributed by atoms with van der Waals surface area (Å²) in [6.07, 6.45) is 4.08. The lowest BCUT2D eigenvalue weighted by molar-refractivity contribution is 0.0576. The number of carbonyl (C=O) groups excluding carboxylic acids is 1. The summed E-state index contributed by atoms with van der Waals surface area (Å²) in [7, 11) is 0. The molecule has 1 amide bonds. The Hall–Kier alpha value is -3.23. The minimum Gasteiger partial charge on any atom is -0.492 e. The fourth-order valence-electron chi connectivity index (χ4n) is 3.90. The smallest absolute Gasteiger partial charge is 0.251 e. The number of β-amino-alcohol motifs (C(OH)–C–C–N with tert-alkyl or cyclic N) is 1. The average molecular weight is 422 g/mol. The number of aliphatic hydroxyl groups is 1. The van der Waals surface area contributed by atoms with Gasteiger partial charge in [0.15, 0.2) is 0 Å². The molecule has 3 aromatic rings. The molecule has 0 unspecified atom stereocenters. The van der Waals surface area contributed by atoms with Crippen LogP contribution >= 0.6 is 0 Å². The van der Waals surface area contributed by atoms with Gasteiger partial charge in [0, 0.05) is 60.9 Å². The molecule has 0 radical (unpaired) electrons. The number of ether oxygens (including phenoxy) is 1. The van der Waals surface area contributed by atoms with E-state index in [-0.39, 0.29) is 12.5 Å². The number of pyridine rings is 2. The van der Waals surface area contributed by atoms with Crippen molar-refractivity contribution in [2.24, 2.45) is 5.73 Å². The summed E-state index contributed by atoms with van der Waals surface area (Å²) >= 11 is 0. The maximum absolute atomic E-state index is 12.6. The van der Waals surface area contributed by atoms with Crippen LogP contribution < -0.4 is 20.7 Å². The third-order valence-electron chi connectivity index (χ3n) is 5.45. The van der Waals surface area contributed by atoms with Crippen molar-refractivity contribution < 1.29 is 14.6 Å². The van der Waals surface area contributed by atoms with E-state index in [1.807, 2.05) is 19.1 Å². The molecule has 4 rings (SSSR count). The van der Waals surface area contributed by atoms with Crippen LogP contribution in [0.2, 0.25) is 0 Å². The average Bonchev–Trinajstić information content (AvgIpc) is 3.18. The molecule has 162 valence electrons. The zero-order chi connectivity index (χ0) is 21.8. The van der Waals surface area contributed by atoms with E-state index in [2.05, 4.69) is 20.2 Å². The Bertz CT molecular complexity index is 1090. The van der Waals surface area contributed by atoms with Crippen LogP contribution in [0.15, 0.2) is 48.8 Å². The van der Waals surface area contributed by atoms with Gasteiger partial charge in [-0.3, -0.25) is 14.8 Å². The number of benzene rings is 1. The van der Waals surface area contributed by atoms with Gasteiger partial charge < -0.3 is 25.8 Å². The van der Waals surface area contributed by atoms with Gasteiger partial charge in [-0.05, 0) is 43.7 Å². The highest BCUT2D eigenvalue weighted by molar-refractivity contribution is 5.94. The lowest BCUT2D eigenvalue weighted by atomic mass is 10.0. The lowest BCUT2D eigenvalue weighted by Crippen LogP contribution is -2.45. The number of carbonyl (C=O) groups is 1. The minimum absolute atomic E-state index is 0.163. The second-order valence-corrected chi connectivity index (χ2v) is 7.92. The Kier molecular flexibility index (Phi) is 6.01. The quantitative estimate of drug-likeness (QED) is 0.531. The summed E-state index contributed by atoms with van der Waals surface area (Å²) in [5, 5.41) is 14.9. The predicted octanol–water partition coefficient (Wildman–Crippen LogP) is 1.65. The molecule has 1 aliphatic heterocycles. The highest BCUT2D eigenvalue weighted by Crippen LogP contribution is 2.32. The molecule has 4 N–H and O–H groups in total. The number of anilines is 1. The van der Waals surface area contributed by atoms with E-state index in [4.69, 9.17) is 10.5 Å². The van der Waals surface area contributed by atoms with Crippen molar-refractivity contribution in [2.45, 2.75) is 18.9 Å². The number of hydrogen-bond acceptors (Lipinski definition) is 7. The Morgan fingerprint density at radius 3 is 3.06 bits per heavy atom. The van der Waals surface area contributed by atoms with Crippen molar-refractivity contribution in [3.63, 3.8) is 0 Å². The molecule has 1 atom stereocenters. The molecule has 0 aliphatic carbocycles. The maximum atomic E-state index is 12.6. The van der Waals surface area contributed by atoms with Crippen molar-refractivity contribution >= 4 is 22.5 Å². The van der Waals surface area contributed by atoms with Gasteiger partial charge in [0.05, 0.1) is 5.52 Å². The number of aryl methyl sites for hydroxylation is 1. The van der Waals surface area contributed by atoms with E-state index >= 15 is 0 Å². The molecule has 0 spiro atoms. The molecule has 1 fully saturated rings. The Morgan fingerprint density at radius 2 is 2.23 bits per heavy atom. The van der Waals surface area contributed by atoms with Gasteiger partial charge in [0.2, 0.25) is 0 Å². The summed E-state index contributed by atoms with van der Waals surface area (Å²) in [5.74, 6) is 0.344. The number of nitrogens with one attached hydrogen (secondary N) is 1. The van der Waals surface area contributed by atoms with Crippen LogP contribution in [0.3, 0.4) is 0 Å². The van der Waals surface area contributed by atoms with Crippen LogP contribution in [-0.4, -0.2) is 59.4 Å². The standard InChI is InChI=1S/C23H27N5O3/c1-16-11-21(19-13-25-8-5-20(19)27-16)28-9-6-23(30,15-28)14-26-22(29)17-3-2-4-18(12-17)31-10-7-24/h2-5,8,11-13,30H,6-7,9-10,14-15,24H2,1H3,(H,26,29)/t23-/m0/s1. The van der Waals surface area contributed by atoms with Crippen molar-refractivity contribution in [2.75, 3.05) is 37.7 Å².